The van der Waals surface area contributed by atoms with Crippen molar-refractivity contribution < 1.29 is 13.9 Å². The number of hydrogen-bond donors (Lipinski definition) is 1. The highest BCUT2D eigenvalue weighted by Crippen LogP contribution is 2.41. The molecule has 0 aromatic heterocycles. The molecule has 0 saturated carbocycles. The summed E-state index contributed by atoms with van der Waals surface area (Å²) in [7, 11) is 1.60. The SMILES string of the molecule is COc1ccc2c(c1)OC(c1ccccc1F)CC2N. The van der Waals surface area contributed by atoms with Crippen molar-refractivity contribution >= 4 is 0 Å². The van der Waals surface area contributed by atoms with E-state index in [9.17, 15) is 4.39 Å². The van der Waals surface area contributed by atoms with Gasteiger partial charge in [0.2, 0.25) is 0 Å². The predicted molar refractivity (Wildman–Crippen MR) is 74.3 cm³/mol. The first-order valence-corrected chi connectivity index (χ1v) is 6.53. The molecule has 4 heteroatoms. The fraction of sp³-hybridized carbons (Fsp3) is 0.250. The Labute approximate surface area is 117 Å². The van der Waals surface area contributed by atoms with E-state index in [-0.39, 0.29) is 18.0 Å². The Morgan fingerprint density at radius 3 is 2.75 bits per heavy atom. The van der Waals surface area contributed by atoms with E-state index >= 15 is 0 Å². The first-order valence-electron chi connectivity index (χ1n) is 6.53. The van der Waals surface area contributed by atoms with Crippen LogP contribution in [0.2, 0.25) is 0 Å². The van der Waals surface area contributed by atoms with E-state index in [0.29, 0.717) is 23.5 Å². The molecule has 0 amide bonds. The van der Waals surface area contributed by atoms with E-state index < -0.39 is 0 Å². The number of hydrogen-bond acceptors (Lipinski definition) is 3. The summed E-state index contributed by atoms with van der Waals surface area (Å²) in [5, 5.41) is 0. The minimum absolute atomic E-state index is 0.172. The summed E-state index contributed by atoms with van der Waals surface area (Å²) in [6.45, 7) is 0. The summed E-state index contributed by atoms with van der Waals surface area (Å²) in [5.41, 5.74) is 7.64. The van der Waals surface area contributed by atoms with Crippen molar-refractivity contribution in [3.8, 4) is 11.5 Å². The molecule has 1 aliphatic rings. The van der Waals surface area contributed by atoms with Gasteiger partial charge in [-0.2, -0.15) is 0 Å². The molecule has 2 unspecified atom stereocenters. The van der Waals surface area contributed by atoms with E-state index in [1.807, 2.05) is 12.1 Å². The Kier molecular flexibility index (Phi) is 3.32. The van der Waals surface area contributed by atoms with E-state index in [2.05, 4.69) is 0 Å². The number of methoxy groups -OCH3 is 1. The van der Waals surface area contributed by atoms with Crippen LogP contribution in [0.15, 0.2) is 42.5 Å². The van der Waals surface area contributed by atoms with Gasteiger partial charge in [-0.3, -0.25) is 0 Å². The first kappa shape index (κ1) is 12.9. The molecule has 0 spiro atoms. The number of halogens is 1. The van der Waals surface area contributed by atoms with Crippen molar-refractivity contribution in [2.24, 2.45) is 5.73 Å². The molecule has 20 heavy (non-hydrogen) atoms. The molecule has 2 aromatic rings. The molecule has 0 saturated heterocycles. The Morgan fingerprint density at radius 2 is 2.00 bits per heavy atom. The van der Waals surface area contributed by atoms with Gasteiger partial charge in [-0.1, -0.05) is 24.3 Å². The van der Waals surface area contributed by atoms with Crippen LogP contribution in [-0.4, -0.2) is 7.11 Å². The van der Waals surface area contributed by atoms with E-state index in [1.54, 1.807) is 31.4 Å². The molecule has 1 aliphatic heterocycles. The minimum Gasteiger partial charge on any atom is -0.497 e. The van der Waals surface area contributed by atoms with Crippen molar-refractivity contribution in [3.63, 3.8) is 0 Å². The fourth-order valence-electron chi connectivity index (χ4n) is 2.54. The maximum absolute atomic E-state index is 13.9. The zero-order valence-electron chi connectivity index (χ0n) is 11.2. The summed E-state index contributed by atoms with van der Waals surface area (Å²) >= 11 is 0. The summed E-state index contributed by atoms with van der Waals surface area (Å²) in [6.07, 6.45) is 0.186. The Balaban J connectivity index is 1.97. The lowest BCUT2D eigenvalue weighted by molar-refractivity contribution is 0.156. The fourth-order valence-corrected chi connectivity index (χ4v) is 2.54. The summed E-state index contributed by atoms with van der Waals surface area (Å²) in [6, 6.07) is 12.0. The van der Waals surface area contributed by atoms with Crippen LogP contribution in [0.4, 0.5) is 4.39 Å². The van der Waals surface area contributed by atoms with Gasteiger partial charge >= 0.3 is 0 Å². The molecule has 104 valence electrons. The van der Waals surface area contributed by atoms with Crippen molar-refractivity contribution in [2.75, 3.05) is 7.11 Å². The van der Waals surface area contributed by atoms with Crippen molar-refractivity contribution in [1.82, 2.24) is 0 Å². The molecule has 0 fully saturated rings. The third-order valence-electron chi connectivity index (χ3n) is 3.61. The Bertz CT molecular complexity index is 630. The molecule has 0 aliphatic carbocycles. The Morgan fingerprint density at radius 1 is 1.20 bits per heavy atom. The van der Waals surface area contributed by atoms with E-state index in [0.717, 1.165) is 5.56 Å². The normalized spacial score (nSPS) is 20.9. The van der Waals surface area contributed by atoms with Gasteiger partial charge < -0.3 is 15.2 Å². The minimum atomic E-state index is -0.370. The van der Waals surface area contributed by atoms with Crippen LogP contribution in [0.3, 0.4) is 0 Å². The monoisotopic (exact) mass is 273 g/mol. The van der Waals surface area contributed by atoms with Crippen LogP contribution in [0.25, 0.3) is 0 Å². The average molecular weight is 273 g/mol. The lowest BCUT2D eigenvalue weighted by atomic mass is 9.93. The molecule has 3 rings (SSSR count). The van der Waals surface area contributed by atoms with Crippen molar-refractivity contribution in [3.05, 3.63) is 59.4 Å². The zero-order valence-corrected chi connectivity index (χ0v) is 11.2. The van der Waals surface area contributed by atoms with Gasteiger partial charge in [0.25, 0.3) is 0 Å². The maximum Gasteiger partial charge on any atom is 0.130 e. The van der Waals surface area contributed by atoms with Crippen LogP contribution in [0.5, 0.6) is 11.5 Å². The van der Waals surface area contributed by atoms with Crippen LogP contribution in [0, 0.1) is 5.82 Å². The Hall–Kier alpha value is -2.07. The molecule has 2 aromatic carbocycles. The summed E-state index contributed by atoms with van der Waals surface area (Å²) in [5.74, 6) is 1.09. The largest absolute Gasteiger partial charge is 0.497 e. The summed E-state index contributed by atoms with van der Waals surface area (Å²) in [4.78, 5) is 0. The smallest absolute Gasteiger partial charge is 0.130 e. The zero-order chi connectivity index (χ0) is 14.1. The van der Waals surface area contributed by atoms with Gasteiger partial charge in [0, 0.05) is 29.7 Å². The van der Waals surface area contributed by atoms with Gasteiger partial charge in [-0.15, -0.1) is 0 Å². The molecule has 2 N–H and O–H groups in total. The van der Waals surface area contributed by atoms with Crippen molar-refractivity contribution in [1.29, 1.82) is 0 Å². The molecular formula is C16H16FNO2. The molecule has 1 heterocycles. The van der Waals surface area contributed by atoms with Gasteiger partial charge in [0.15, 0.2) is 0 Å². The van der Waals surface area contributed by atoms with Gasteiger partial charge in [-0.05, 0) is 12.1 Å². The number of benzene rings is 2. The predicted octanol–water partition coefficient (Wildman–Crippen LogP) is 3.36. The second-order valence-electron chi connectivity index (χ2n) is 4.87. The topological polar surface area (TPSA) is 44.5 Å². The molecular weight excluding hydrogens is 257 g/mol. The number of nitrogens with two attached hydrogens (primary N) is 1. The molecule has 2 atom stereocenters. The second-order valence-corrected chi connectivity index (χ2v) is 4.87. The molecule has 0 bridgehead atoms. The standard InChI is InChI=1S/C16H16FNO2/c1-19-10-6-7-12-14(18)9-16(20-15(12)8-10)11-4-2-3-5-13(11)17/h2-8,14,16H,9,18H2,1H3. The van der Waals surface area contributed by atoms with Crippen LogP contribution >= 0.6 is 0 Å². The quantitative estimate of drug-likeness (QED) is 0.912. The van der Waals surface area contributed by atoms with Crippen LogP contribution in [-0.2, 0) is 0 Å². The molecule has 0 radical (unpaired) electrons. The van der Waals surface area contributed by atoms with E-state index in [1.165, 1.54) is 6.07 Å². The second kappa shape index (κ2) is 5.13. The highest BCUT2D eigenvalue weighted by molar-refractivity contribution is 5.44. The van der Waals surface area contributed by atoms with Gasteiger partial charge in [-0.25, -0.2) is 4.39 Å². The third-order valence-corrected chi connectivity index (χ3v) is 3.61. The van der Waals surface area contributed by atoms with E-state index in [4.69, 9.17) is 15.2 Å². The van der Waals surface area contributed by atoms with Gasteiger partial charge in [0.05, 0.1) is 7.11 Å². The average Bonchev–Trinajstić information content (AvgIpc) is 2.47. The van der Waals surface area contributed by atoms with Crippen molar-refractivity contribution in [2.45, 2.75) is 18.6 Å². The molecule has 3 nitrogen and oxygen atoms in total. The summed E-state index contributed by atoms with van der Waals surface area (Å²) < 4.78 is 25.0. The maximum atomic E-state index is 13.9. The number of ether oxygens (including phenoxy) is 2. The van der Waals surface area contributed by atoms with Crippen LogP contribution < -0.4 is 15.2 Å². The number of rotatable bonds is 2. The lowest BCUT2D eigenvalue weighted by Gasteiger charge is -2.31. The third kappa shape index (κ3) is 2.23. The lowest BCUT2D eigenvalue weighted by Crippen LogP contribution is -2.24. The van der Waals surface area contributed by atoms with Crippen LogP contribution in [0.1, 0.15) is 29.7 Å². The highest BCUT2D eigenvalue weighted by Gasteiger charge is 2.28. The first-order chi connectivity index (χ1) is 9.69. The number of fused-ring (bicyclic) bond motifs is 1. The van der Waals surface area contributed by atoms with Gasteiger partial charge in [0.1, 0.15) is 23.4 Å². The highest BCUT2D eigenvalue weighted by atomic mass is 19.1.